The maximum atomic E-state index is 12.7. The number of piperidine rings is 1. The normalized spacial score (nSPS) is 26.7. The summed E-state index contributed by atoms with van der Waals surface area (Å²) in [6.45, 7) is 4.95. The first-order valence-electron chi connectivity index (χ1n) is 8.99. The Morgan fingerprint density at radius 2 is 2.17 bits per heavy atom. The van der Waals surface area contributed by atoms with Crippen LogP contribution in [0.25, 0.3) is 0 Å². The maximum absolute atomic E-state index is 12.7. The number of aryl methyl sites for hydroxylation is 1. The second-order valence-electron chi connectivity index (χ2n) is 7.26. The highest BCUT2D eigenvalue weighted by Crippen LogP contribution is 2.58. The van der Waals surface area contributed by atoms with Crippen LogP contribution in [0.1, 0.15) is 49.8 Å². The van der Waals surface area contributed by atoms with E-state index in [0.29, 0.717) is 12.0 Å². The van der Waals surface area contributed by atoms with E-state index in [0.717, 1.165) is 56.5 Å². The number of fused-ring (bicyclic) bond motifs is 1. The molecule has 1 aromatic rings. The van der Waals surface area contributed by atoms with Gasteiger partial charge in [-0.3, -0.25) is 4.79 Å². The van der Waals surface area contributed by atoms with Crippen LogP contribution in [0.4, 0.5) is 0 Å². The summed E-state index contributed by atoms with van der Waals surface area (Å²) in [4.78, 5) is 12.7. The van der Waals surface area contributed by atoms with E-state index in [1.165, 1.54) is 5.56 Å². The quantitative estimate of drug-likeness (QED) is 0.881. The Kier molecular flexibility index (Phi) is 5.07. The molecule has 2 aliphatic heterocycles. The second-order valence-corrected chi connectivity index (χ2v) is 7.26. The number of halogens is 1. The van der Waals surface area contributed by atoms with Gasteiger partial charge in [-0.15, -0.1) is 12.4 Å². The summed E-state index contributed by atoms with van der Waals surface area (Å²) in [5.74, 6) is 1.48. The molecular weight excluding hydrogens is 324 g/mol. The number of rotatable bonds is 3. The monoisotopic (exact) mass is 350 g/mol. The lowest BCUT2D eigenvalue weighted by Crippen LogP contribution is -2.36. The number of para-hydroxylation sites is 1. The molecule has 2 fully saturated rings. The van der Waals surface area contributed by atoms with Gasteiger partial charge >= 0.3 is 0 Å². The minimum atomic E-state index is 0. The summed E-state index contributed by atoms with van der Waals surface area (Å²) >= 11 is 0. The molecule has 4 rings (SSSR count). The fourth-order valence-electron chi connectivity index (χ4n) is 4.39. The smallest absolute Gasteiger partial charge is 0.224 e. The van der Waals surface area contributed by atoms with Crippen molar-refractivity contribution in [2.24, 2.45) is 11.3 Å². The lowest BCUT2D eigenvalue weighted by molar-refractivity contribution is -0.124. The molecule has 132 valence electrons. The molecular formula is C19H27ClN2O2. The number of carbonyl (C=O) groups is 1. The fourth-order valence-corrected chi connectivity index (χ4v) is 4.39. The van der Waals surface area contributed by atoms with Gasteiger partial charge in [0, 0.05) is 17.9 Å². The van der Waals surface area contributed by atoms with Crippen LogP contribution in [0.15, 0.2) is 18.2 Å². The Morgan fingerprint density at radius 1 is 1.38 bits per heavy atom. The van der Waals surface area contributed by atoms with Crippen molar-refractivity contribution in [1.82, 2.24) is 10.6 Å². The molecule has 1 saturated carbocycles. The van der Waals surface area contributed by atoms with E-state index in [9.17, 15) is 4.79 Å². The van der Waals surface area contributed by atoms with Gasteiger partial charge < -0.3 is 15.4 Å². The third-order valence-electron chi connectivity index (χ3n) is 5.96. The van der Waals surface area contributed by atoms with Gasteiger partial charge in [0.1, 0.15) is 5.75 Å². The average Bonchev–Trinajstić information content (AvgIpc) is 3.28. The molecule has 1 saturated heterocycles. The van der Waals surface area contributed by atoms with Crippen LogP contribution in [0.2, 0.25) is 0 Å². The van der Waals surface area contributed by atoms with Gasteiger partial charge in [-0.05, 0) is 49.8 Å². The highest BCUT2D eigenvalue weighted by atomic mass is 35.5. The number of nitrogens with one attached hydrogen (secondary N) is 2. The molecule has 2 atom stereocenters. The van der Waals surface area contributed by atoms with Gasteiger partial charge in [-0.25, -0.2) is 0 Å². The Labute approximate surface area is 150 Å². The van der Waals surface area contributed by atoms with E-state index in [1.807, 2.05) is 0 Å². The minimum absolute atomic E-state index is 0. The topological polar surface area (TPSA) is 50.4 Å². The van der Waals surface area contributed by atoms with E-state index in [1.54, 1.807) is 0 Å². The van der Waals surface area contributed by atoms with Crippen LogP contribution < -0.4 is 15.4 Å². The number of amides is 1. The van der Waals surface area contributed by atoms with Gasteiger partial charge in [0.2, 0.25) is 5.91 Å². The third kappa shape index (κ3) is 3.02. The van der Waals surface area contributed by atoms with Gasteiger partial charge in [0.15, 0.2) is 0 Å². The summed E-state index contributed by atoms with van der Waals surface area (Å²) in [5, 5.41) is 6.72. The van der Waals surface area contributed by atoms with Crippen molar-refractivity contribution in [3.8, 4) is 5.75 Å². The van der Waals surface area contributed by atoms with Crippen molar-refractivity contribution in [3.05, 3.63) is 29.3 Å². The average molecular weight is 351 g/mol. The summed E-state index contributed by atoms with van der Waals surface area (Å²) in [6, 6.07) is 6.41. The molecule has 1 amide bonds. The molecule has 2 N–H and O–H groups in total. The first-order chi connectivity index (χ1) is 11.2. The molecule has 2 heterocycles. The van der Waals surface area contributed by atoms with Crippen molar-refractivity contribution in [1.29, 1.82) is 0 Å². The van der Waals surface area contributed by atoms with E-state index in [2.05, 4.69) is 35.8 Å². The molecule has 5 heteroatoms. The van der Waals surface area contributed by atoms with E-state index in [-0.39, 0.29) is 30.3 Å². The predicted octanol–water partition coefficient (Wildman–Crippen LogP) is 3.00. The number of carbonyl (C=O) groups excluding carboxylic acids is 1. The zero-order valence-corrected chi connectivity index (χ0v) is 15.1. The van der Waals surface area contributed by atoms with E-state index < -0.39 is 0 Å². The molecule has 4 nitrogen and oxygen atoms in total. The summed E-state index contributed by atoms with van der Waals surface area (Å²) < 4.78 is 5.88. The third-order valence-corrected chi connectivity index (χ3v) is 5.96. The molecule has 24 heavy (non-hydrogen) atoms. The van der Waals surface area contributed by atoms with Crippen molar-refractivity contribution >= 4 is 18.3 Å². The molecule has 1 aliphatic carbocycles. The van der Waals surface area contributed by atoms with Crippen LogP contribution in [-0.2, 0) is 11.2 Å². The molecule has 2 unspecified atom stereocenters. The number of hydrogen-bond donors (Lipinski definition) is 2. The Hall–Kier alpha value is -1.26. The predicted molar refractivity (Wildman–Crippen MR) is 96.7 cm³/mol. The van der Waals surface area contributed by atoms with Crippen molar-refractivity contribution in [2.45, 2.75) is 45.1 Å². The lowest BCUT2D eigenvalue weighted by Gasteiger charge is -2.29. The van der Waals surface area contributed by atoms with Crippen molar-refractivity contribution in [3.63, 3.8) is 0 Å². The Morgan fingerprint density at radius 3 is 2.92 bits per heavy atom. The first-order valence-corrected chi connectivity index (χ1v) is 8.99. The van der Waals surface area contributed by atoms with Crippen LogP contribution in [0.5, 0.6) is 5.75 Å². The minimum Gasteiger partial charge on any atom is -0.493 e. The summed E-state index contributed by atoms with van der Waals surface area (Å²) in [5.41, 5.74) is 2.70. The van der Waals surface area contributed by atoms with Crippen molar-refractivity contribution in [2.75, 3.05) is 19.7 Å². The molecule has 1 spiro atoms. The highest BCUT2D eigenvalue weighted by Gasteiger charge is 2.57. The number of benzene rings is 1. The molecule has 0 aromatic heterocycles. The first kappa shape index (κ1) is 17.6. The van der Waals surface area contributed by atoms with Crippen LogP contribution in [-0.4, -0.2) is 25.6 Å². The van der Waals surface area contributed by atoms with Gasteiger partial charge in [-0.2, -0.15) is 0 Å². The summed E-state index contributed by atoms with van der Waals surface area (Å²) in [7, 11) is 0. The Balaban J connectivity index is 0.00000169. The highest BCUT2D eigenvalue weighted by molar-refractivity contribution is 5.85. The van der Waals surface area contributed by atoms with Crippen LogP contribution in [0.3, 0.4) is 0 Å². The maximum Gasteiger partial charge on any atom is 0.224 e. The van der Waals surface area contributed by atoms with Gasteiger partial charge in [0.25, 0.3) is 0 Å². The zero-order valence-electron chi connectivity index (χ0n) is 14.3. The Bertz CT molecular complexity index is 613. The largest absolute Gasteiger partial charge is 0.493 e. The van der Waals surface area contributed by atoms with E-state index in [4.69, 9.17) is 4.74 Å². The van der Waals surface area contributed by atoms with Crippen LogP contribution in [0, 0.1) is 11.3 Å². The second kappa shape index (κ2) is 6.93. The molecule has 0 bridgehead atoms. The molecule has 1 aromatic carbocycles. The van der Waals surface area contributed by atoms with Crippen LogP contribution >= 0.6 is 12.4 Å². The van der Waals surface area contributed by atoms with Crippen molar-refractivity contribution < 1.29 is 9.53 Å². The standard InChI is InChI=1S/C19H26N2O2.ClH/c1-2-13-4-3-5-14-16(6-11-23-17(13)14)21-18(22)15-12-19(15)7-9-20-10-8-19;/h3-5,15-16,20H,2,6-12H2,1H3,(H,21,22);1H. The summed E-state index contributed by atoms with van der Waals surface area (Å²) in [6.07, 6.45) is 5.20. The SMILES string of the molecule is CCc1cccc2c1OCCC2NC(=O)C1CC12CCNCC2.Cl. The van der Waals surface area contributed by atoms with Gasteiger partial charge in [-0.1, -0.05) is 25.1 Å². The molecule has 0 radical (unpaired) electrons. The number of ether oxygens (including phenoxy) is 1. The number of hydrogen-bond acceptors (Lipinski definition) is 3. The molecule has 3 aliphatic rings. The van der Waals surface area contributed by atoms with Gasteiger partial charge in [0.05, 0.1) is 12.6 Å². The zero-order chi connectivity index (χ0) is 15.9. The lowest BCUT2D eigenvalue weighted by atomic mass is 9.91. The fraction of sp³-hybridized carbons (Fsp3) is 0.632. The van der Waals surface area contributed by atoms with E-state index >= 15 is 0 Å².